The van der Waals surface area contributed by atoms with Crippen molar-refractivity contribution in [1.29, 1.82) is 0 Å². The minimum Gasteiger partial charge on any atom is -0.309 e. The molecule has 1 atom stereocenters. The molecule has 1 heteroatoms. The molecule has 0 aliphatic rings. The zero-order chi connectivity index (χ0) is 20.0. The quantitative estimate of drug-likeness (QED) is 0.152. The molecule has 27 heavy (non-hydrogen) atoms. The van der Waals surface area contributed by atoms with Gasteiger partial charge in [0.25, 0.3) is 0 Å². The normalized spacial score (nSPS) is 13.4. The van der Waals surface area contributed by atoms with E-state index < -0.39 is 0 Å². The van der Waals surface area contributed by atoms with Crippen molar-refractivity contribution in [3.63, 3.8) is 0 Å². The highest BCUT2D eigenvalue weighted by Crippen LogP contribution is 2.15. The van der Waals surface area contributed by atoms with Crippen LogP contribution in [0.5, 0.6) is 0 Å². The van der Waals surface area contributed by atoms with Crippen molar-refractivity contribution in [2.45, 2.75) is 117 Å². The summed E-state index contributed by atoms with van der Waals surface area (Å²) in [6.07, 6.45) is 31.3. The van der Waals surface area contributed by atoms with Gasteiger partial charge in [0.2, 0.25) is 0 Å². The van der Waals surface area contributed by atoms with E-state index in [0.29, 0.717) is 0 Å². The minimum atomic E-state index is 0.900. The monoisotopic (exact) mass is 377 g/mol. The molecule has 0 N–H and O–H groups in total. The van der Waals surface area contributed by atoms with Crippen molar-refractivity contribution in [1.82, 2.24) is 4.90 Å². The van der Waals surface area contributed by atoms with Crippen molar-refractivity contribution in [3.8, 4) is 0 Å². The molecule has 0 heterocycles. The van der Waals surface area contributed by atoms with Gasteiger partial charge in [-0.25, -0.2) is 0 Å². The third kappa shape index (κ3) is 23.4. The van der Waals surface area contributed by atoms with Crippen LogP contribution in [-0.4, -0.2) is 25.5 Å². The molecule has 0 saturated heterocycles. The van der Waals surface area contributed by atoms with Crippen molar-refractivity contribution in [2.24, 2.45) is 5.92 Å². The van der Waals surface area contributed by atoms with Gasteiger partial charge in [-0.3, -0.25) is 0 Å². The number of nitrogens with zero attached hydrogens (tertiary/aromatic N) is 1. The lowest BCUT2D eigenvalue weighted by molar-refractivity contribution is 0.346. The lowest BCUT2D eigenvalue weighted by Gasteiger charge is -2.14. The van der Waals surface area contributed by atoms with E-state index in [1.807, 2.05) is 0 Å². The maximum Gasteiger partial charge on any atom is -0.00223 e. The van der Waals surface area contributed by atoms with Gasteiger partial charge < -0.3 is 4.90 Å². The first-order valence-corrected chi connectivity index (χ1v) is 12.1. The zero-order valence-electron chi connectivity index (χ0n) is 19.4. The van der Waals surface area contributed by atoms with Crippen LogP contribution in [0, 0.1) is 5.92 Å². The molecule has 0 saturated carbocycles. The van der Waals surface area contributed by atoms with E-state index in [4.69, 9.17) is 0 Å². The van der Waals surface area contributed by atoms with Crippen molar-refractivity contribution in [3.05, 3.63) is 24.3 Å². The van der Waals surface area contributed by atoms with Crippen LogP contribution in [0.15, 0.2) is 24.3 Å². The summed E-state index contributed by atoms with van der Waals surface area (Å²) in [5, 5.41) is 0. The van der Waals surface area contributed by atoms with Gasteiger partial charge in [0.15, 0.2) is 0 Å². The Morgan fingerprint density at radius 2 is 1.15 bits per heavy atom. The van der Waals surface area contributed by atoms with Crippen LogP contribution >= 0.6 is 0 Å². The lowest BCUT2D eigenvalue weighted by Crippen LogP contribution is -2.15. The molecule has 160 valence electrons. The Balaban J connectivity index is 3.21. The first-order chi connectivity index (χ1) is 13.2. The molecule has 0 aromatic heterocycles. The second-order valence-electron chi connectivity index (χ2n) is 8.78. The number of unbranched alkanes of at least 4 members (excludes halogenated alkanes) is 11. The Kier molecular flexibility index (Phi) is 21.3. The highest BCUT2D eigenvalue weighted by atomic mass is 15.0. The molecule has 0 aliphatic heterocycles. The third-order valence-electron chi connectivity index (χ3n) is 5.47. The van der Waals surface area contributed by atoms with Gasteiger partial charge >= 0.3 is 0 Å². The number of rotatable bonds is 20. The Labute approximate surface area is 172 Å². The maximum atomic E-state index is 2.42. The van der Waals surface area contributed by atoms with Crippen LogP contribution in [0.1, 0.15) is 117 Å². The van der Waals surface area contributed by atoms with Gasteiger partial charge in [0, 0.05) is 0 Å². The fourth-order valence-electron chi connectivity index (χ4n) is 3.46. The van der Waals surface area contributed by atoms with Gasteiger partial charge in [-0.05, 0) is 65.1 Å². The van der Waals surface area contributed by atoms with Gasteiger partial charge in [-0.1, -0.05) is 102 Å². The Morgan fingerprint density at radius 3 is 1.70 bits per heavy atom. The van der Waals surface area contributed by atoms with E-state index in [2.05, 4.69) is 57.1 Å². The van der Waals surface area contributed by atoms with Gasteiger partial charge in [0.05, 0.1) is 0 Å². The molecular weight excluding hydrogens is 326 g/mol. The van der Waals surface area contributed by atoms with Crippen LogP contribution in [0.4, 0.5) is 0 Å². The van der Waals surface area contributed by atoms with E-state index >= 15 is 0 Å². The summed E-state index contributed by atoms with van der Waals surface area (Å²) in [6.45, 7) is 5.93. The molecule has 0 radical (unpaired) electrons. The predicted octanol–water partition coefficient (Wildman–Crippen LogP) is 8.56. The topological polar surface area (TPSA) is 3.24 Å². The van der Waals surface area contributed by atoms with Crippen LogP contribution in [0.3, 0.4) is 0 Å². The summed E-state index contributed by atoms with van der Waals surface area (Å²) < 4.78 is 0. The molecule has 0 aliphatic carbocycles. The third-order valence-corrected chi connectivity index (χ3v) is 5.47. The van der Waals surface area contributed by atoms with Crippen molar-refractivity contribution >= 4 is 0 Å². The predicted molar refractivity (Wildman–Crippen MR) is 126 cm³/mol. The van der Waals surface area contributed by atoms with E-state index in [1.165, 1.54) is 103 Å². The molecule has 0 amide bonds. The summed E-state index contributed by atoms with van der Waals surface area (Å²) in [7, 11) is 4.35. The molecule has 0 aromatic rings. The molecular formula is C26H51N. The highest BCUT2D eigenvalue weighted by Gasteiger charge is 2.02. The zero-order valence-corrected chi connectivity index (χ0v) is 19.4. The lowest BCUT2D eigenvalue weighted by atomic mass is 9.98. The average Bonchev–Trinajstić information content (AvgIpc) is 2.65. The summed E-state index contributed by atoms with van der Waals surface area (Å²) in [5.74, 6) is 0.900. The van der Waals surface area contributed by atoms with Gasteiger partial charge in [0.1, 0.15) is 0 Å². The summed E-state index contributed by atoms with van der Waals surface area (Å²) >= 11 is 0. The number of allylic oxidation sites excluding steroid dienone is 4. The van der Waals surface area contributed by atoms with E-state index in [1.54, 1.807) is 0 Å². The standard InChI is InChI=1S/C26H51N/c1-5-6-7-8-9-10-11-12-13-14-15-16-17-18-19-20-21-22-23-26(2)24-25-27(3)4/h9-10,12-13,26H,5-8,11,14-25H2,1-4H3/b10-9-,13-12-. The second kappa shape index (κ2) is 21.7. The number of hydrogen-bond acceptors (Lipinski definition) is 1. The van der Waals surface area contributed by atoms with Crippen LogP contribution < -0.4 is 0 Å². The number of hydrogen-bond donors (Lipinski definition) is 0. The fraction of sp³-hybridized carbons (Fsp3) is 0.846. The van der Waals surface area contributed by atoms with E-state index in [9.17, 15) is 0 Å². The Hall–Kier alpha value is -0.560. The van der Waals surface area contributed by atoms with Crippen LogP contribution in [0.25, 0.3) is 0 Å². The smallest absolute Gasteiger partial charge is 0.00223 e. The van der Waals surface area contributed by atoms with Crippen molar-refractivity contribution < 1.29 is 0 Å². The molecule has 0 bridgehead atoms. The van der Waals surface area contributed by atoms with Crippen LogP contribution in [-0.2, 0) is 0 Å². The second-order valence-corrected chi connectivity index (χ2v) is 8.78. The first-order valence-electron chi connectivity index (χ1n) is 12.1. The van der Waals surface area contributed by atoms with Crippen molar-refractivity contribution in [2.75, 3.05) is 20.6 Å². The van der Waals surface area contributed by atoms with E-state index in [-0.39, 0.29) is 0 Å². The Morgan fingerprint density at radius 1 is 0.630 bits per heavy atom. The summed E-state index contributed by atoms with van der Waals surface area (Å²) in [6, 6.07) is 0. The molecule has 0 aromatic carbocycles. The van der Waals surface area contributed by atoms with Crippen LogP contribution in [0.2, 0.25) is 0 Å². The molecule has 1 unspecified atom stereocenters. The average molecular weight is 378 g/mol. The molecule has 1 nitrogen and oxygen atoms in total. The van der Waals surface area contributed by atoms with E-state index in [0.717, 1.165) is 12.3 Å². The summed E-state index contributed by atoms with van der Waals surface area (Å²) in [5.41, 5.74) is 0. The van der Waals surface area contributed by atoms with Gasteiger partial charge in [-0.2, -0.15) is 0 Å². The molecule has 0 rings (SSSR count). The molecule has 0 fully saturated rings. The summed E-state index contributed by atoms with van der Waals surface area (Å²) in [4.78, 5) is 2.30. The SMILES string of the molecule is CCCCC/C=C\C/C=C\CCCCCCCCCCC(C)CCN(C)C. The maximum absolute atomic E-state index is 2.42. The first kappa shape index (κ1) is 26.4. The highest BCUT2D eigenvalue weighted by molar-refractivity contribution is 4.92. The largest absolute Gasteiger partial charge is 0.309 e. The minimum absolute atomic E-state index is 0.900. The Bertz CT molecular complexity index is 329. The van der Waals surface area contributed by atoms with Gasteiger partial charge in [-0.15, -0.1) is 0 Å². The molecule has 0 spiro atoms. The fourth-order valence-corrected chi connectivity index (χ4v) is 3.46.